The van der Waals surface area contributed by atoms with Gasteiger partial charge in [-0.05, 0) is 29.9 Å². The Morgan fingerprint density at radius 1 is 1.04 bits per heavy atom. The molecule has 1 saturated carbocycles. The molecule has 1 aliphatic rings. The molecule has 4 nitrogen and oxygen atoms in total. The molecule has 1 aliphatic carbocycles. The fraction of sp³-hybridized carbons (Fsp3) is 0.450. The Labute approximate surface area is 144 Å². The van der Waals surface area contributed by atoms with Crippen LogP contribution < -0.4 is 14.5 Å². The van der Waals surface area contributed by atoms with E-state index in [2.05, 4.69) is 58.9 Å². The van der Waals surface area contributed by atoms with Gasteiger partial charge in [-0.15, -0.1) is 0 Å². The lowest BCUT2D eigenvalue weighted by Gasteiger charge is -2.08. The number of nitrogens with zero attached hydrogens (tertiary/aromatic N) is 2. The van der Waals surface area contributed by atoms with Crippen molar-refractivity contribution in [3.05, 3.63) is 49.1 Å². The molecule has 0 atom stereocenters. The molecule has 2 aromatic heterocycles. The molecule has 0 aromatic carbocycles. The molecule has 1 fully saturated rings. The summed E-state index contributed by atoms with van der Waals surface area (Å²) >= 11 is 0. The normalized spacial score (nSPS) is 14.7. The van der Waals surface area contributed by atoms with E-state index in [1.165, 1.54) is 36.8 Å². The smallest absolute Gasteiger partial charge is 0.220 e. The number of nitrogens with one attached hydrogen (secondary N) is 1. The van der Waals surface area contributed by atoms with Crippen LogP contribution >= 0.6 is 0 Å². The summed E-state index contributed by atoms with van der Waals surface area (Å²) in [5.41, 5.74) is 2.42. The third-order valence-corrected chi connectivity index (χ3v) is 4.84. The van der Waals surface area contributed by atoms with E-state index in [1.54, 1.807) is 0 Å². The zero-order chi connectivity index (χ0) is 16.8. The maximum atomic E-state index is 11.9. The van der Waals surface area contributed by atoms with Crippen LogP contribution in [0.15, 0.2) is 49.1 Å². The van der Waals surface area contributed by atoms with Gasteiger partial charge < -0.3 is 5.32 Å². The molecule has 0 aliphatic heterocycles. The number of hydrogen-bond acceptors (Lipinski definition) is 1. The highest BCUT2D eigenvalue weighted by molar-refractivity contribution is 5.76. The lowest BCUT2D eigenvalue weighted by Crippen LogP contribution is -2.40. The first-order chi connectivity index (χ1) is 11.7. The Balaban J connectivity index is 1.45. The van der Waals surface area contributed by atoms with Crippen LogP contribution in [0.2, 0.25) is 0 Å². The number of aryl methyl sites for hydroxylation is 1. The third-order valence-electron chi connectivity index (χ3n) is 4.84. The van der Waals surface area contributed by atoms with Gasteiger partial charge in [0.2, 0.25) is 5.91 Å². The lowest BCUT2D eigenvalue weighted by molar-refractivity contribution is -0.694. The molecule has 0 saturated heterocycles. The number of aromatic nitrogens is 2. The van der Waals surface area contributed by atoms with Crippen LogP contribution in [0.3, 0.4) is 0 Å². The number of pyridine rings is 2. The highest BCUT2D eigenvalue weighted by Gasteiger charge is 2.18. The molecular formula is C20H27N3O+2. The van der Waals surface area contributed by atoms with E-state index in [0.29, 0.717) is 18.9 Å². The Hall–Kier alpha value is -2.23. The van der Waals surface area contributed by atoms with E-state index < -0.39 is 0 Å². The summed E-state index contributed by atoms with van der Waals surface area (Å²) in [4.78, 5) is 11.9. The third kappa shape index (κ3) is 4.63. The number of amides is 1. The molecular weight excluding hydrogens is 298 g/mol. The topological polar surface area (TPSA) is 36.9 Å². The van der Waals surface area contributed by atoms with Gasteiger partial charge >= 0.3 is 0 Å². The summed E-state index contributed by atoms with van der Waals surface area (Å²) in [6, 6.07) is 8.47. The van der Waals surface area contributed by atoms with E-state index in [4.69, 9.17) is 0 Å². The Kier molecular flexibility index (Phi) is 5.57. The van der Waals surface area contributed by atoms with E-state index >= 15 is 0 Å². The standard InChI is InChI=1S/C20H26N3O/c1-22-11-6-18(7-12-22)19-8-13-23(14-9-19)15-10-21-20(24)16-17-4-2-3-5-17/h6-9,11-14,17H,2-5,10,15-16H2,1H3/q+1/p+1. The van der Waals surface area contributed by atoms with Crippen molar-refractivity contribution in [3.63, 3.8) is 0 Å². The van der Waals surface area contributed by atoms with Crippen LogP contribution in [0.5, 0.6) is 0 Å². The second kappa shape index (κ2) is 8.04. The van der Waals surface area contributed by atoms with Crippen molar-refractivity contribution in [2.45, 2.75) is 38.6 Å². The van der Waals surface area contributed by atoms with Crippen molar-refractivity contribution in [1.82, 2.24) is 5.32 Å². The van der Waals surface area contributed by atoms with Crippen LogP contribution in [-0.4, -0.2) is 12.5 Å². The van der Waals surface area contributed by atoms with E-state index in [1.807, 2.05) is 11.6 Å². The molecule has 0 radical (unpaired) electrons. The average molecular weight is 325 g/mol. The highest BCUT2D eigenvalue weighted by Crippen LogP contribution is 2.27. The molecule has 126 valence electrons. The van der Waals surface area contributed by atoms with Gasteiger partial charge in [0, 0.05) is 30.7 Å². The quantitative estimate of drug-likeness (QED) is 0.812. The summed E-state index contributed by atoms with van der Waals surface area (Å²) in [5.74, 6) is 0.820. The summed E-state index contributed by atoms with van der Waals surface area (Å²) in [7, 11) is 2.02. The van der Waals surface area contributed by atoms with Crippen molar-refractivity contribution in [3.8, 4) is 11.1 Å². The molecule has 1 N–H and O–H groups in total. The summed E-state index contributed by atoms with van der Waals surface area (Å²) in [6.07, 6.45) is 14.0. The maximum Gasteiger partial charge on any atom is 0.220 e. The van der Waals surface area contributed by atoms with Gasteiger partial charge in [-0.1, -0.05) is 12.8 Å². The summed E-state index contributed by atoms with van der Waals surface area (Å²) < 4.78 is 4.14. The van der Waals surface area contributed by atoms with Crippen LogP contribution in [0.25, 0.3) is 11.1 Å². The van der Waals surface area contributed by atoms with Crippen molar-refractivity contribution >= 4 is 5.91 Å². The minimum atomic E-state index is 0.205. The molecule has 1 amide bonds. The second-order valence-corrected chi connectivity index (χ2v) is 6.78. The first kappa shape index (κ1) is 16.6. The number of rotatable bonds is 6. The predicted molar refractivity (Wildman–Crippen MR) is 92.8 cm³/mol. The van der Waals surface area contributed by atoms with Gasteiger partial charge in [0.25, 0.3) is 0 Å². The first-order valence-corrected chi connectivity index (χ1v) is 8.92. The van der Waals surface area contributed by atoms with Crippen LogP contribution in [-0.2, 0) is 18.4 Å². The van der Waals surface area contributed by atoms with Gasteiger partial charge in [0.1, 0.15) is 7.05 Å². The lowest BCUT2D eigenvalue weighted by atomic mass is 10.0. The minimum absolute atomic E-state index is 0.205. The van der Waals surface area contributed by atoms with E-state index in [0.717, 1.165) is 6.54 Å². The molecule has 2 heterocycles. The van der Waals surface area contributed by atoms with Gasteiger partial charge in [-0.25, -0.2) is 9.13 Å². The Morgan fingerprint density at radius 3 is 2.25 bits per heavy atom. The summed E-state index contributed by atoms with van der Waals surface area (Å²) in [6.45, 7) is 1.50. The van der Waals surface area contributed by atoms with Crippen LogP contribution in [0, 0.1) is 5.92 Å². The molecule has 4 heteroatoms. The van der Waals surface area contributed by atoms with Gasteiger partial charge in [0.05, 0.1) is 6.54 Å². The zero-order valence-electron chi connectivity index (χ0n) is 14.4. The number of carbonyl (C=O) groups excluding carboxylic acids is 1. The monoisotopic (exact) mass is 325 g/mol. The van der Waals surface area contributed by atoms with Crippen molar-refractivity contribution < 1.29 is 13.9 Å². The van der Waals surface area contributed by atoms with Crippen molar-refractivity contribution in [2.75, 3.05) is 6.54 Å². The number of carbonyl (C=O) groups is 1. The molecule has 0 bridgehead atoms. The largest absolute Gasteiger partial charge is 0.350 e. The molecule has 2 aromatic rings. The van der Waals surface area contributed by atoms with Crippen molar-refractivity contribution in [2.24, 2.45) is 13.0 Å². The fourth-order valence-corrected chi connectivity index (χ4v) is 3.37. The first-order valence-electron chi connectivity index (χ1n) is 8.92. The van der Waals surface area contributed by atoms with Gasteiger partial charge in [0.15, 0.2) is 31.3 Å². The SMILES string of the molecule is C[n+]1ccc(-c2cc[n+](CCNC(=O)CC3CCCC3)cc2)cc1. The van der Waals surface area contributed by atoms with Gasteiger partial charge in [-0.2, -0.15) is 0 Å². The average Bonchev–Trinajstić information content (AvgIpc) is 3.09. The maximum absolute atomic E-state index is 11.9. The second-order valence-electron chi connectivity index (χ2n) is 6.78. The zero-order valence-corrected chi connectivity index (χ0v) is 14.4. The van der Waals surface area contributed by atoms with Crippen molar-refractivity contribution in [1.29, 1.82) is 0 Å². The van der Waals surface area contributed by atoms with E-state index in [9.17, 15) is 4.79 Å². The minimum Gasteiger partial charge on any atom is -0.350 e. The summed E-state index contributed by atoms with van der Waals surface area (Å²) in [5, 5.41) is 3.05. The highest BCUT2D eigenvalue weighted by atomic mass is 16.1. The van der Waals surface area contributed by atoms with Crippen LogP contribution in [0.4, 0.5) is 0 Å². The molecule has 0 spiro atoms. The fourth-order valence-electron chi connectivity index (χ4n) is 3.37. The Bertz CT molecular complexity index is 658. The van der Waals surface area contributed by atoms with E-state index in [-0.39, 0.29) is 5.91 Å². The predicted octanol–water partition coefficient (Wildman–Crippen LogP) is 2.16. The van der Waals surface area contributed by atoms with Crippen LogP contribution in [0.1, 0.15) is 32.1 Å². The molecule has 24 heavy (non-hydrogen) atoms. The number of hydrogen-bond donors (Lipinski definition) is 1. The molecule has 0 unspecified atom stereocenters. The van der Waals surface area contributed by atoms with Gasteiger partial charge in [-0.3, -0.25) is 4.79 Å². The Morgan fingerprint density at radius 2 is 1.62 bits per heavy atom. The molecule has 3 rings (SSSR count).